The van der Waals surface area contributed by atoms with Crippen molar-refractivity contribution in [3.8, 4) is 0 Å². The summed E-state index contributed by atoms with van der Waals surface area (Å²) in [5.74, 6) is 0.913. The summed E-state index contributed by atoms with van der Waals surface area (Å²) in [5, 5.41) is 19.3. The van der Waals surface area contributed by atoms with Crippen LogP contribution in [0.1, 0.15) is 12.8 Å². The molecule has 4 aliphatic rings. The second-order valence-electron chi connectivity index (χ2n) is 6.48. The lowest BCUT2D eigenvalue weighted by Crippen LogP contribution is -2.60. The zero-order valence-corrected chi connectivity index (χ0v) is 10.5. The van der Waals surface area contributed by atoms with Crippen LogP contribution in [0, 0.1) is 35.5 Å². The third-order valence-electron chi connectivity index (χ3n) is 6.17. The van der Waals surface area contributed by atoms with Crippen LogP contribution in [-0.4, -0.2) is 35.1 Å². The quantitative estimate of drug-likeness (QED) is 0.464. The van der Waals surface area contributed by atoms with Crippen LogP contribution in [-0.2, 0) is 4.74 Å². The van der Waals surface area contributed by atoms with Crippen molar-refractivity contribution in [3.63, 3.8) is 0 Å². The van der Waals surface area contributed by atoms with Gasteiger partial charge >= 0.3 is 0 Å². The highest BCUT2D eigenvalue weighted by Gasteiger charge is 2.73. The second-order valence-corrected chi connectivity index (χ2v) is 6.48. The number of rotatable bonds is 3. The van der Waals surface area contributed by atoms with Crippen molar-refractivity contribution < 1.29 is 23.7 Å². The maximum absolute atomic E-state index is 13.6. The third-order valence-corrected chi connectivity index (χ3v) is 6.17. The minimum absolute atomic E-state index is 0.101. The molecular formula is C14H18F2O3. The first-order chi connectivity index (χ1) is 9.11. The number of hydrogen-bond acceptors (Lipinski definition) is 3. The maximum atomic E-state index is 13.6. The Hall–Kier alpha value is -0.520. The van der Waals surface area contributed by atoms with E-state index in [1.165, 1.54) is 0 Å². The summed E-state index contributed by atoms with van der Waals surface area (Å²) in [6.07, 6.45) is 2.07. The van der Waals surface area contributed by atoms with Crippen LogP contribution < -0.4 is 0 Å². The Balaban J connectivity index is 1.75. The van der Waals surface area contributed by atoms with Crippen LogP contribution in [0.3, 0.4) is 0 Å². The van der Waals surface area contributed by atoms with Crippen molar-refractivity contribution >= 4 is 0 Å². The Bertz CT molecular complexity index is 427. The van der Waals surface area contributed by atoms with Crippen LogP contribution in [0.4, 0.5) is 8.78 Å². The van der Waals surface area contributed by atoms with Crippen LogP contribution in [0.2, 0.25) is 0 Å². The molecule has 4 aliphatic carbocycles. The molecule has 0 spiro atoms. The van der Waals surface area contributed by atoms with Crippen molar-refractivity contribution in [2.24, 2.45) is 35.5 Å². The predicted octanol–water partition coefficient (Wildman–Crippen LogP) is 1.41. The highest BCUT2D eigenvalue weighted by molar-refractivity contribution is 5.26. The first-order valence-corrected chi connectivity index (χ1v) is 7.00. The molecule has 0 radical (unpaired) electrons. The fraction of sp³-hybridized carbons (Fsp3) is 0.857. The molecule has 19 heavy (non-hydrogen) atoms. The predicted molar refractivity (Wildman–Crippen MR) is 62.2 cm³/mol. The average molecular weight is 272 g/mol. The molecule has 8 unspecified atom stereocenters. The van der Waals surface area contributed by atoms with E-state index in [2.05, 4.69) is 12.2 Å². The Morgan fingerprint density at radius 3 is 2.53 bits per heavy atom. The summed E-state index contributed by atoms with van der Waals surface area (Å²) in [6, 6.07) is 0. The molecule has 106 valence electrons. The molecule has 0 amide bonds. The largest absolute Gasteiger partial charge is 0.390 e. The lowest BCUT2D eigenvalue weighted by Gasteiger charge is -2.47. The molecule has 3 fully saturated rings. The highest BCUT2D eigenvalue weighted by atomic mass is 19.3. The number of allylic oxidation sites excluding steroid dienone is 2. The standard InChI is InChI=1S/C14H18F2O3/c15-13(16)14(19-5-17)9-4-8(12(14)18)10-6-1-2-7(3-6)11(9)10/h1-2,6-13,17-18H,3-5H2. The zero-order valence-electron chi connectivity index (χ0n) is 10.5. The molecule has 4 bridgehead atoms. The van der Waals surface area contributed by atoms with E-state index < -0.39 is 24.9 Å². The molecular weight excluding hydrogens is 254 g/mol. The Labute approximate surface area is 110 Å². The van der Waals surface area contributed by atoms with Crippen molar-refractivity contribution in [1.82, 2.24) is 0 Å². The maximum Gasteiger partial charge on any atom is 0.270 e. The summed E-state index contributed by atoms with van der Waals surface area (Å²) >= 11 is 0. The summed E-state index contributed by atoms with van der Waals surface area (Å²) < 4.78 is 32.2. The number of fused-ring (bicyclic) bond motifs is 9. The van der Waals surface area contributed by atoms with Gasteiger partial charge in [0.2, 0.25) is 0 Å². The van der Waals surface area contributed by atoms with Gasteiger partial charge in [-0.05, 0) is 42.4 Å². The van der Waals surface area contributed by atoms with Gasteiger partial charge in [-0.3, -0.25) is 0 Å². The number of aliphatic hydroxyl groups is 2. The van der Waals surface area contributed by atoms with Crippen molar-refractivity contribution in [2.75, 3.05) is 6.79 Å². The molecule has 8 atom stereocenters. The summed E-state index contributed by atoms with van der Waals surface area (Å²) in [6.45, 7) is -0.758. The van der Waals surface area contributed by atoms with E-state index in [0.717, 1.165) is 6.42 Å². The molecule has 0 saturated heterocycles. The van der Waals surface area contributed by atoms with Gasteiger partial charge in [0.15, 0.2) is 5.60 Å². The molecule has 0 aromatic rings. The highest BCUT2D eigenvalue weighted by Crippen LogP contribution is 2.69. The van der Waals surface area contributed by atoms with Gasteiger partial charge in [-0.15, -0.1) is 0 Å². The molecule has 4 rings (SSSR count). The molecule has 0 heterocycles. The topological polar surface area (TPSA) is 49.7 Å². The number of alkyl halides is 2. The molecule has 3 saturated carbocycles. The van der Waals surface area contributed by atoms with Crippen LogP contribution >= 0.6 is 0 Å². The van der Waals surface area contributed by atoms with Crippen molar-refractivity contribution in [1.29, 1.82) is 0 Å². The van der Waals surface area contributed by atoms with Gasteiger partial charge in [-0.1, -0.05) is 12.2 Å². The molecule has 0 aromatic heterocycles. The minimum atomic E-state index is -2.76. The molecule has 5 heteroatoms. The van der Waals surface area contributed by atoms with Gasteiger partial charge in [-0.2, -0.15) is 0 Å². The van der Waals surface area contributed by atoms with Crippen molar-refractivity contribution in [3.05, 3.63) is 12.2 Å². The van der Waals surface area contributed by atoms with E-state index in [4.69, 9.17) is 9.84 Å². The normalized spacial score (nSPS) is 57.4. The van der Waals surface area contributed by atoms with Crippen molar-refractivity contribution in [2.45, 2.75) is 31.0 Å². The fourth-order valence-electron chi connectivity index (χ4n) is 5.71. The first-order valence-electron chi connectivity index (χ1n) is 7.00. The number of aliphatic hydroxyl groups excluding tert-OH is 2. The lowest BCUT2D eigenvalue weighted by molar-refractivity contribution is -0.258. The van der Waals surface area contributed by atoms with Crippen LogP contribution in [0.15, 0.2) is 12.2 Å². The fourth-order valence-corrected chi connectivity index (χ4v) is 5.71. The van der Waals surface area contributed by atoms with E-state index in [9.17, 15) is 13.9 Å². The van der Waals surface area contributed by atoms with Gasteiger partial charge < -0.3 is 14.9 Å². The van der Waals surface area contributed by atoms with Gasteiger partial charge in [0, 0.05) is 5.92 Å². The summed E-state index contributed by atoms with van der Waals surface area (Å²) in [5.41, 5.74) is -1.85. The number of ether oxygens (including phenoxy) is 1. The van der Waals surface area contributed by atoms with Gasteiger partial charge in [0.25, 0.3) is 6.43 Å². The Morgan fingerprint density at radius 2 is 1.89 bits per heavy atom. The molecule has 0 aliphatic heterocycles. The minimum Gasteiger partial charge on any atom is -0.390 e. The van der Waals surface area contributed by atoms with E-state index in [0.29, 0.717) is 24.2 Å². The SMILES string of the molecule is OCOC1(C(F)F)C(O)C2CC1C1C3C=CC(C3)C21. The summed E-state index contributed by atoms with van der Waals surface area (Å²) in [7, 11) is 0. The number of hydrogen-bond donors (Lipinski definition) is 2. The summed E-state index contributed by atoms with van der Waals surface area (Å²) in [4.78, 5) is 0. The van der Waals surface area contributed by atoms with Gasteiger partial charge in [-0.25, -0.2) is 8.78 Å². The molecule has 0 aromatic carbocycles. The molecule has 3 nitrogen and oxygen atoms in total. The monoisotopic (exact) mass is 272 g/mol. The van der Waals surface area contributed by atoms with E-state index in [1.807, 2.05) is 0 Å². The van der Waals surface area contributed by atoms with E-state index in [-0.39, 0.29) is 17.8 Å². The number of halogens is 2. The zero-order chi connectivity index (χ0) is 13.4. The lowest BCUT2D eigenvalue weighted by atomic mass is 9.66. The second kappa shape index (κ2) is 3.77. The van der Waals surface area contributed by atoms with Gasteiger partial charge in [0.1, 0.15) is 6.79 Å². The van der Waals surface area contributed by atoms with Crippen LogP contribution in [0.5, 0.6) is 0 Å². The Morgan fingerprint density at radius 1 is 1.21 bits per heavy atom. The Kier molecular flexibility index (Phi) is 2.43. The third kappa shape index (κ3) is 1.22. The van der Waals surface area contributed by atoms with Gasteiger partial charge in [0.05, 0.1) is 6.10 Å². The first kappa shape index (κ1) is 12.2. The smallest absolute Gasteiger partial charge is 0.270 e. The van der Waals surface area contributed by atoms with E-state index in [1.54, 1.807) is 0 Å². The molecule has 2 N–H and O–H groups in total. The van der Waals surface area contributed by atoms with E-state index >= 15 is 0 Å². The average Bonchev–Trinajstić information content (AvgIpc) is 3.08. The van der Waals surface area contributed by atoms with Crippen LogP contribution in [0.25, 0.3) is 0 Å².